The third kappa shape index (κ3) is 5.31. The number of amides is 1. The van der Waals surface area contributed by atoms with Crippen LogP contribution in [0.3, 0.4) is 0 Å². The molecule has 0 spiro atoms. The minimum Gasteiger partial charge on any atom is -0.349 e. The van der Waals surface area contributed by atoms with E-state index >= 15 is 0 Å². The normalized spacial score (nSPS) is 20.3. The minimum atomic E-state index is -2.93. The fourth-order valence-electron chi connectivity index (χ4n) is 2.78. The summed E-state index contributed by atoms with van der Waals surface area (Å²) in [6, 6.07) is -0.0581. The first-order chi connectivity index (χ1) is 10.8. The summed E-state index contributed by atoms with van der Waals surface area (Å²) in [4.78, 5) is 18.0. The van der Waals surface area contributed by atoms with E-state index in [0.29, 0.717) is 18.9 Å². The zero-order valence-corrected chi connectivity index (χ0v) is 14.8. The van der Waals surface area contributed by atoms with Crippen LogP contribution in [0.4, 0.5) is 0 Å². The molecule has 2 heterocycles. The lowest BCUT2D eigenvalue weighted by atomic mass is 10.2. The first-order valence-electron chi connectivity index (χ1n) is 7.93. The predicted molar refractivity (Wildman–Crippen MR) is 88.6 cm³/mol. The van der Waals surface area contributed by atoms with Crippen LogP contribution in [0.1, 0.15) is 26.0 Å². The third-order valence-corrected chi connectivity index (χ3v) is 5.80. The quantitative estimate of drug-likeness (QED) is 0.769. The van der Waals surface area contributed by atoms with E-state index in [9.17, 15) is 13.2 Å². The van der Waals surface area contributed by atoms with Crippen LogP contribution in [0, 0.1) is 5.92 Å². The number of hydrogen-bond acceptors (Lipinski definition) is 5. The molecule has 23 heavy (non-hydrogen) atoms. The van der Waals surface area contributed by atoms with Crippen LogP contribution >= 0.6 is 0 Å². The number of carbonyl (C=O) groups excluding carboxylic acids is 1. The maximum atomic E-state index is 12.1. The molecule has 8 heteroatoms. The lowest BCUT2D eigenvalue weighted by Gasteiger charge is -2.22. The Morgan fingerprint density at radius 1 is 1.52 bits per heavy atom. The maximum Gasteiger partial charge on any atom is 0.234 e. The fourth-order valence-corrected chi connectivity index (χ4v) is 4.58. The van der Waals surface area contributed by atoms with E-state index in [-0.39, 0.29) is 30.0 Å². The van der Waals surface area contributed by atoms with Gasteiger partial charge < -0.3 is 9.88 Å². The molecular formula is C15H26N4O3S. The Morgan fingerprint density at radius 3 is 2.87 bits per heavy atom. The highest BCUT2D eigenvalue weighted by molar-refractivity contribution is 7.91. The molecule has 1 aromatic rings. The van der Waals surface area contributed by atoms with Crippen LogP contribution in [0.5, 0.6) is 0 Å². The Morgan fingerprint density at radius 2 is 2.26 bits per heavy atom. The van der Waals surface area contributed by atoms with Gasteiger partial charge in [-0.2, -0.15) is 0 Å². The molecule has 0 saturated carbocycles. The van der Waals surface area contributed by atoms with Crippen molar-refractivity contribution in [2.45, 2.75) is 39.4 Å². The highest BCUT2D eigenvalue weighted by Gasteiger charge is 2.31. The summed E-state index contributed by atoms with van der Waals surface area (Å²) in [5, 5.41) is 2.88. The standard InChI is InChI=1S/C15H26N4O3S/c1-12(2)8-19-11-16-6-14(19)7-17-15(20)9-18(3)13-4-5-23(21,22)10-13/h6,11-13H,4-5,7-10H2,1-3H3,(H,17,20)/t13-/m1/s1. The second kappa shape index (κ2) is 7.44. The number of imidazole rings is 1. The molecule has 0 unspecified atom stereocenters. The largest absolute Gasteiger partial charge is 0.349 e. The summed E-state index contributed by atoms with van der Waals surface area (Å²) in [5.74, 6) is 0.777. The highest BCUT2D eigenvalue weighted by Crippen LogP contribution is 2.16. The van der Waals surface area contributed by atoms with Crippen molar-refractivity contribution in [2.75, 3.05) is 25.1 Å². The molecular weight excluding hydrogens is 316 g/mol. The Bertz CT molecular complexity index is 639. The van der Waals surface area contributed by atoms with Crippen LogP contribution in [0.15, 0.2) is 12.5 Å². The lowest BCUT2D eigenvalue weighted by molar-refractivity contribution is -0.122. The second-order valence-electron chi connectivity index (χ2n) is 6.68. The van der Waals surface area contributed by atoms with Gasteiger partial charge in [-0.3, -0.25) is 9.69 Å². The van der Waals surface area contributed by atoms with Crippen LogP contribution in [-0.4, -0.2) is 59.9 Å². The van der Waals surface area contributed by atoms with Crippen molar-refractivity contribution in [3.05, 3.63) is 18.2 Å². The van der Waals surface area contributed by atoms with E-state index in [1.165, 1.54) is 0 Å². The monoisotopic (exact) mass is 342 g/mol. The van der Waals surface area contributed by atoms with Gasteiger partial charge in [-0.05, 0) is 19.4 Å². The van der Waals surface area contributed by atoms with Gasteiger partial charge in [-0.25, -0.2) is 13.4 Å². The van der Waals surface area contributed by atoms with Crippen molar-refractivity contribution in [1.82, 2.24) is 19.8 Å². The van der Waals surface area contributed by atoms with Crippen LogP contribution in [0.2, 0.25) is 0 Å². The smallest absolute Gasteiger partial charge is 0.234 e. The summed E-state index contributed by atoms with van der Waals surface area (Å²) in [6.45, 7) is 5.77. The summed E-state index contributed by atoms with van der Waals surface area (Å²) in [5.41, 5.74) is 0.971. The predicted octanol–water partition coefficient (Wildman–Crippen LogP) is 0.274. The van der Waals surface area contributed by atoms with Gasteiger partial charge in [0.15, 0.2) is 9.84 Å². The molecule has 1 N–H and O–H groups in total. The average Bonchev–Trinajstić information content (AvgIpc) is 3.02. The third-order valence-electron chi connectivity index (χ3n) is 4.05. The topological polar surface area (TPSA) is 84.3 Å². The van der Waals surface area contributed by atoms with Crippen LogP contribution in [0.25, 0.3) is 0 Å². The highest BCUT2D eigenvalue weighted by atomic mass is 32.2. The van der Waals surface area contributed by atoms with Crippen LogP contribution in [-0.2, 0) is 27.7 Å². The Kier molecular flexibility index (Phi) is 5.80. The first-order valence-corrected chi connectivity index (χ1v) is 9.75. The van der Waals surface area contributed by atoms with E-state index in [2.05, 4.69) is 24.1 Å². The molecule has 0 bridgehead atoms. The maximum absolute atomic E-state index is 12.1. The van der Waals surface area contributed by atoms with E-state index in [1.807, 2.05) is 9.47 Å². The Labute approximate surface area is 138 Å². The Hall–Kier alpha value is -1.41. The van der Waals surface area contributed by atoms with Crippen molar-refractivity contribution in [3.8, 4) is 0 Å². The van der Waals surface area contributed by atoms with E-state index in [1.54, 1.807) is 19.6 Å². The van der Waals surface area contributed by atoms with Gasteiger partial charge >= 0.3 is 0 Å². The second-order valence-corrected chi connectivity index (χ2v) is 8.91. The van der Waals surface area contributed by atoms with E-state index in [4.69, 9.17) is 0 Å². The molecule has 0 radical (unpaired) electrons. The Balaban J connectivity index is 1.80. The van der Waals surface area contributed by atoms with Gasteiger partial charge in [-0.15, -0.1) is 0 Å². The number of carbonyl (C=O) groups is 1. The SMILES string of the molecule is CC(C)Cn1cncc1CNC(=O)CN(C)[C@@H]1CCS(=O)(=O)C1. The van der Waals surface area contributed by atoms with Gasteiger partial charge in [0.25, 0.3) is 0 Å². The summed E-state index contributed by atoms with van der Waals surface area (Å²) < 4.78 is 25.0. The fraction of sp³-hybridized carbons (Fsp3) is 0.733. The molecule has 7 nitrogen and oxygen atoms in total. The van der Waals surface area contributed by atoms with Crippen molar-refractivity contribution in [3.63, 3.8) is 0 Å². The molecule has 1 saturated heterocycles. The average molecular weight is 342 g/mol. The van der Waals surface area contributed by atoms with Gasteiger partial charge in [0.05, 0.1) is 36.6 Å². The first kappa shape index (κ1) is 17.9. The van der Waals surface area contributed by atoms with E-state index in [0.717, 1.165) is 12.2 Å². The number of nitrogens with zero attached hydrogens (tertiary/aromatic N) is 3. The molecule has 0 aliphatic carbocycles. The zero-order chi connectivity index (χ0) is 17.0. The zero-order valence-electron chi connectivity index (χ0n) is 14.0. The lowest BCUT2D eigenvalue weighted by Crippen LogP contribution is -2.41. The summed E-state index contributed by atoms with van der Waals surface area (Å²) >= 11 is 0. The molecule has 1 aromatic heterocycles. The summed E-state index contributed by atoms with van der Waals surface area (Å²) in [6.07, 6.45) is 4.14. The van der Waals surface area contributed by atoms with Gasteiger partial charge in [0.2, 0.25) is 5.91 Å². The number of hydrogen-bond donors (Lipinski definition) is 1. The van der Waals surface area contributed by atoms with Crippen LogP contribution < -0.4 is 5.32 Å². The van der Waals surface area contributed by atoms with Gasteiger partial charge in [0, 0.05) is 18.8 Å². The van der Waals surface area contributed by atoms with Crippen molar-refractivity contribution >= 4 is 15.7 Å². The van der Waals surface area contributed by atoms with Gasteiger partial charge in [-0.1, -0.05) is 13.8 Å². The summed E-state index contributed by atoms with van der Waals surface area (Å²) in [7, 11) is -1.13. The number of nitrogens with one attached hydrogen (secondary N) is 1. The number of sulfone groups is 1. The molecule has 2 rings (SSSR count). The van der Waals surface area contributed by atoms with Crippen molar-refractivity contribution < 1.29 is 13.2 Å². The molecule has 1 fully saturated rings. The van der Waals surface area contributed by atoms with Crippen molar-refractivity contribution in [2.24, 2.45) is 5.92 Å². The molecule has 0 aromatic carbocycles. The molecule has 1 amide bonds. The molecule has 130 valence electrons. The number of aromatic nitrogens is 2. The molecule has 1 aliphatic heterocycles. The van der Waals surface area contributed by atoms with E-state index < -0.39 is 9.84 Å². The van der Waals surface area contributed by atoms with Gasteiger partial charge in [0.1, 0.15) is 0 Å². The number of rotatable bonds is 7. The molecule has 1 aliphatic rings. The minimum absolute atomic E-state index is 0.0581. The van der Waals surface area contributed by atoms with Crippen molar-refractivity contribution in [1.29, 1.82) is 0 Å². The molecule has 1 atom stereocenters. The number of likely N-dealkylation sites (N-methyl/N-ethyl adjacent to an activating group) is 1.